The van der Waals surface area contributed by atoms with Gasteiger partial charge in [-0.05, 0) is 19.3 Å². The number of carboxylic acid groups (broad SMARTS) is 1. The molecule has 0 radical (unpaired) electrons. The van der Waals surface area contributed by atoms with Gasteiger partial charge in [0.25, 0.3) is 0 Å². The van der Waals surface area contributed by atoms with Gasteiger partial charge in [0.2, 0.25) is 0 Å². The van der Waals surface area contributed by atoms with Crippen LogP contribution in [0.25, 0.3) is 0 Å². The van der Waals surface area contributed by atoms with Crippen LogP contribution in [-0.4, -0.2) is 35.7 Å². The van der Waals surface area contributed by atoms with Crippen molar-refractivity contribution in [3.63, 3.8) is 0 Å². The van der Waals surface area contributed by atoms with E-state index in [1.54, 1.807) is 0 Å². The minimum absolute atomic E-state index is 0.276. The molecule has 2 atom stereocenters. The SMILES string of the molecule is O=C(O)C(=O)O[C@@]12CCCCCC1CNC2. The van der Waals surface area contributed by atoms with Gasteiger partial charge in [-0.3, -0.25) is 0 Å². The van der Waals surface area contributed by atoms with E-state index < -0.39 is 17.5 Å². The molecule has 2 rings (SSSR count). The number of carboxylic acids is 1. The molecule has 1 aliphatic heterocycles. The number of fused-ring (bicyclic) bond motifs is 1. The van der Waals surface area contributed by atoms with E-state index in [2.05, 4.69) is 5.32 Å². The Morgan fingerprint density at radius 3 is 2.88 bits per heavy atom. The monoisotopic (exact) mass is 227 g/mol. The number of nitrogens with one attached hydrogen (secondary N) is 1. The van der Waals surface area contributed by atoms with Crippen LogP contribution >= 0.6 is 0 Å². The molecule has 2 fully saturated rings. The maximum absolute atomic E-state index is 11.2. The number of aliphatic carboxylic acids is 1. The van der Waals surface area contributed by atoms with Crippen molar-refractivity contribution >= 4 is 11.9 Å². The average Bonchev–Trinajstić information content (AvgIpc) is 2.52. The molecule has 5 nitrogen and oxygen atoms in total. The molecule has 0 aromatic rings. The summed E-state index contributed by atoms with van der Waals surface area (Å²) >= 11 is 0. The third-order valence-corrected chi connectivity index (χ3v) is 3.68. The van der Waals surface area contributed by atoms with Crippen molar-refractivity contribution < 1.29 is 19.4 Å². The Labute approximate surface area is 94.2 Å². The molecule has 1 saturated heterocycles. The summed E-state index contributed by atoms with van der Waals surface area (Å²) in [6, 6.07) is 0. The zero-order valence-electron chi connectivity index (χ0n) is 9.20. The molecule has 5 heteroatoms. The molecule has 16 heavy (non-hydrogen) atoms. The van der Waals surface area contributed by atoms with Crippen molar-refractivity contribution in [2.75, 3.05) is 13.1 Å². The second-order valence-corrected chi connectivity index (χ2v) is 4.69. The van der Waals surface area contributed by atoms with Gasteiger partial charge in [0, 0.05) is 19.0 Å². The lowest BCUT2D eigenvalue weighted by Gasteiger charge is -2.32. The Hall–Kier alpha value is -1.10. The molecule has 0 bridgehead atoms. The predicted octanol–water partition coefficient (Wildman–Crippen LogP) is 0.536. The van der Waals surface area contributed by atoms with Gasteiger partial charge in [-0.25, -0.2) is 9.59 Å². The van der Waals surface area contributed by atoms with Crippen LogP contribution in [0.4, 0.5) is 0 Å². The van der Waals surface area contributed by atoms with Crippen molar-refractivity contribution in [2.45, 2.75) is 37.7 Å². The molecule has 1 aliphatic carbocycles. The van der Waals surface area contributed by atoms with E-state index in [1.807, 2.05) is 0 Å². The number of hydrogen-bond donors (Lipinski definition) is 2. The highest BCUT2D eigenvalue weighted by molar-refractivity contribution is 6.28. The number of carbonyl (C=O) groups excluding carboxylic acids is 1. The standard InChI is InChI=1S/C11H17NO4/c13-9(14)10(15)16-11-5-3-1-2-4-8(11)6-12-7-11/h8,12H,1-7H2,(H,13,14)/t8?,11-/m1/s1. The highest BCUT2D eigenvalue weighted by atomic mass is 16.6. The highest BCUT2D eigenvalue weighted by Gasteiger charge is 2.47. The van der Waals surface area contributed by atoms with E-state index in [1.165, 1.54) is 0 Å². The van der Waals surface area contributed by atoms with Crippen LogP contribution in [0.2, 0.25) is 0 Å². The first kappa shape index (κ1) is 11.4. The summed E-state index contributed by atoms with van der Waals surface area (Å²) < 4.78 is 5.24. The van der Waals surface area contributed by atoms with Gasteiger partial charge in [-0.1, -0.05) is 12.8 Å². The number of rotatable bonds is 1. The Morgan fingerprint density at radius 1 is 1.31 bits per heavy atom. The number of hydrogen-bond acceptors (Lipinski definition) is 4. The van der Waals surface area contributed by atoms with Crippen LogP contribution in [0.3, 0.4) is 0 Å². The third kappa shape index (κ3) is 2.04. The van der Waals surface area contributed by atoms with Gasteiger partial charge in [0.1, 0.15) is 5.60 Å². The molecule has 2 aliphatic rings. The topological polar surface area (TPSA) is 75.6 Å². The fraction of sp³-hybridized carbons (Fsp3) is 0.818. The Bertz CT molecular complexity index is 304. The quantitative estimate of drug-likeness (QED) is 0.505. The van der Waals surface area contributed by atoms with Crippen molar-refractivity contribution in [1.82, 2.24) is 5.32 Å². The highest BCUT2D eigenvalue weighted by Crippen LogP contribution is 2.38. The number of esters is 1. The largest absolute Gasteiger partial charge is 0.473 e. The van der Waals surface area contributed by atoms with Crippen LogP contribution in [0.1, 0.15) is 32.1 Å². The molecule has 0 aromatic carbocycles. The predicted molar refractivity (Wildman–Crippen MR) is 55.9 cm³/mol. The lowest BCUT2D eigenvalue weighted by Crippen LogP contribution is -2.43. The first-order valence-electron chi connectivity index (χ1n) is 5.81. The second kappa shape index (κ2) is 4.41. The molecule has 2 N–H and O–H groups in total. The molecular weight excluding hydrogens is 210 g/mol. The third-order valence-electron chi connectivity index (χ3n) is 3.68. The minimum atomic E-state index is -1.50. The van der Waals surface area contributed by atoms with E-state index in [0.29, 0.717) is 6.54 Å². The van der Waals surface area contributed by atoms with Gasteiger partial charge in [-0.2, -0.15) is 0 Å². The molecule has 0 amide bonds. The summed E-state index contributed by atoms with van der Waals surface area (Å²) in [5, 5.41) is 11.8. The number of ether oxygens (including phenoxy) is 1. The summed E-state index contributed by atoms with van der Waals surface area (Å²) in [7, 11) is 0. The molecule has 1 saturated carbocycles. The Morgan fingerprint density at radius 2 is 2.12 bits per heavy atom. The lowest BCUT2D eigenvalue weighted by molar-refractivity contribution is -0.176. The lowest BCUT2D eigenvalue weighted by atomic mass is 9.86. The van der Waals surface area contributed by atoms with E-state index in [9.17, 15) is 9.59 Å². The summed E-state index contributed by atoms with van der Waals surface area (Å²) in [5.41, 5.74) is -0.564. The summed E-state index contributed by atoms with van der Waals surface area (Å²) in [6.45, 7) is 1.42. The van der Waals surface area contributed by atoms with E-state index in [4.69, 9.17) is 9.84 Å². The van der Waals surface area contributed by atoms with Gasteiger partial charge in [0.05, 0.1) is 0 Å². The maximum atomic E-state index is 11.2. The van der Waals surface area contributed by atoms with Crippen LogP contribution in [0.15, 0.2) is 0 Å². The summed E-state index contributed by atoms with van der Waals surface area (Å²) in [5.74, 6) is -2.34. The van der Waals surface area contributed by atoms with Crippen LogP contribution in [0, 0.1) is 5.92 Å². The zero-order valence-corrected chi connectivity index (χ0v) is 9.20. The van der Waals surface area contributed by atoms with E-state index in [-0.39, 0.29) is 5.92 Å². The number of carbonyl (C=O) groups is 2. The van der Waals surface area contributed by atoms with Crippen molar-refractivity contribution in [2.24, 2.45) is 5.92 Å². The summed E-state index contributed by atoms with van der Waals surface area (Å²) in [4.78, 5) is 21.8. The Kier molecular flexibility index (Phi) is 3.14. The molecule has 1 unspecified atom stereocenters. The maximum Gasteiger partial charge on any atom is 0.417 e. The minimum Gasteiger partial charge on any atom is -0.473 e. The van der Waals surface area contributed by atoms with Gasteiger partial charge >= 0.3 is 11.9 Å². The van der Waals surface area contributed by atoms with Crippen LogP contribution in [-0.2, 0) is 14.3 Å². The molecule has 0 aromatic heterocycles. The average molecular weight is 227 g/mol. The van der Waals surface area contributed by atoms with Gasteiger partial charge in [-0.15, -0.1) is 0 Å². The Balaban J connectivity index is 2.12. The van der Waals surface area contributed by atoms with E-state index >= 15 is 0 Å². The second-order valence-electron chi connectivity index (χ2n) is 4.69. The van der Waals surface area contributed by atoms with Crippen molar-refractivity contribution in [1.29, 1.82) is 0 Å². The van der Waals surface area contributed by atoms with Crippen molar-refractivity contribution in [3.05, 3.63) is 0 Å². The normalized spacial score (nSPS) is 33.9. The zero-order chi connectivity index (χ0) is 11.6. The molecule has 90 valence electrons. The fourth-order valence-corrected chi connectivity index (χ4v) is 2.84. The van der Waals surface area contributed by atoms with Gasteiger partial charge in [0.15, 0.2) is 0 Å². The first-order chi connectivity index (χ1) is 7.64. The molecule has 0 spiro atoms. The smallest absolute Gasteiger partial charge is 0.417 e. The fourth-order valence-electron chi connectivity index (χ4n) is 2.84. The van der Waals surface area contributed by atoms with Crippen molar-refractivity contribution in [3.8, 4) is 0 Å². The first-order valence-corrected chi connectivity index (χ1v) is 5.81. The summed E-state index contributed by atoms with van der Waals surface area (Å²) in [6.07, 6.45) is 5.08. The van der Waals surface area contributed by atoms with E-state index in [0.717, 1.165) is 38.6 Å². The molecular formula is C11H17NO4. The van der Waals surface area contributed by atoms with Crippen LogP contribution in [0.5, 0.6) is 0 Å². The molecule has 1 heterocycles. The van der Waals surface area contributed by atoms with Gasteiger partial charge < -0.3 is 15.2 Å². The van der Waals surface area contributed by atoms with Crippen LogP contribution < -0.4 is 5.32 Å².